The maximum Gasteiger partial charge on any atom is 0.412 e. The van der Waals surface area contributed by atoms with Crippen molar-refractivity contribution in [3.05, 3.63) is 35.8 Å². The molecule has 0 aromatic carbocycles. The lowest BCUT2D eigenvalue weighted by molar-refractivity contribution is 0.0635. The van der Waals surface area contributed by atoms with Crippen LogP contribution in [-0.2, 0) is 4.74 Å². The number of hydrogen-bond donors (Lipinski definition) is 1. The second kappa shape index (κ2) is 7.04. The fourth-order valence-electron chi connectivity index (χ4n) is 2.16. The minimum atomic E-state index is -0.802. The third-order valence-electron chi connectivity index (χ3n) is 3.23. The molecule has 0 aliphatic rings. The molecule has 0 saturated carbocycles. The highest BCUT2D eigenvalue weighted by Gasteiger charge is 2.23. The Balaban J connectivity index is 2.26. The molecule has 25 heavy (non-hydrogen) atoms. The number of hydrogen-bond acceptors (Lipinski definition) is 5. The monoisotopic (exact) mass is 354 g/mol. The molecule has 0 aliphatic heterocycles. The molecule has 0 saturated heterocycles. The molecule has 0 unspecified atom stereocenters. The third-order valence-corrected chi connectivity index (χ3v) is 3.23. The van der Waals surface area contributed by atoms with Crippen molar-refractivity contribution in [2.75, 3.05) is 12.4 Å². The number of halogens is 2. The molecule has 0 bridgehead atoms. The Morgan fingerprint density at radius 2 is 2.00 bits per heavy atom. The third kappa shape index (κ3) is 4.43. The molecule has 2 rings (SSSR count). The molecule has 2 aromatic rings. The highest BCUT2D eigenvalue weighted by molar-refractivity contribution is 5.84. The molecule has 7 nitrogen and oxygen atoms in total. The number of pyridine rings is 1. The van der Waals surface area contributed by atoms with Gasteiger partial charge in [0, 0.05) is 5.56 Å². The minimum Gasteiger partial charge on any atom is -0.481 e. The molecule has 1 amide bonds. The van der Waals surface area contributed by atoms with E-state index < -0.39 is 29.5 Å². The first-order chi connectivity index (χ1) is 11.6. The molecule has 0 radical (unpaired) electrons. The van der Waals surface area contributed by atoms with E-state index in [2.05, 4.69) is 15.4 Å². The second-order valence-corrected chi connectivity index (χ2v) is 6.35. The minimum absolute atomic E-state index is 0.149. The number of ether oxygens (including phenoxy) is 2. The van der Waals surface area contributed by atoms with Gasteiger partial charge in [0.15, 0.2) is 0 Å². The number of nitrogens with zero attached hydrogens (tertiary/aromatic N) is 3. The number of anilines is 1. The Bertz CT molecular complexity index is 771. The van der Waals surface area contributed by atoms with E-state index in [1.807, 2.05) is 0 Å². The zero-order chi connectivity index (χ0) is 18.8. The van der Waals surface area contributed by atoms with E-state index in [1.165, 1.54) is 13.2 Å². The molecule has 136 valence electrons. The predicted molar refractivity (Wildman–Crippen MR) is 86.6 cm³/mol. The average Bonchev–Trinajstić information content (AvgIpc) is 2.85. The summed E-state index contributed by atoms with van der Waals surface area (Å²) >= 11 is 0. The number of rotatable bonds is 4. The first-order valence-corrected chi connectivity index (χ1v) is 7.55. The number of methoxy groups -OCH3 is 1. The van der Waals surface area contributed by atoms with Gasteiger partial charge in [-0.2, -0.15) is 9.49 Å². The standard InChI is InChI=1S/C16H20F2N4O3/c1-9(11-6-10(17)7-19-14(11)24-5)22-13(18)12(8-20-22)21-15(23)25-16(2,3)4/h6-9H,1-5H3,(H,21,23)/t9-/m0/s1. The van der Waals surface area contributed by atoms with Crippen LogP contribution in [0.1, 0.15) is 39.3 Å². The number of carbonyl (C=O) groups is 1. The van der Waals surface area contributed by atoms with Gasteiger partial charge in [0.05, 0.1) is 25.5 Å². The summed E-state index contributed by atoms with van der Waals surface area (Å²) in [4.78, 5) is 15.6. The predicted octanol–water partition coefficient (Wildman–Crippen LogP) is 3.52. The summed E-state index contributed by atoms with van der Waals surface area (Å²) in [5.41, 5.74) is -0.553. The van der Waals surface area contributed by atoms with Crippen molar-refractivity contribution >= 4 is 11.8 Å². The van der Waals surface area contributed by atoms with E-state index in [0.29, 0.717) is 5.56 Å². The van der Waals surface area contributed by atoms with Gasteiger partial charge >= 0.3 is 6.09 Å². The Kier molecular flexibility index (Phi) is 5.24. The quantitative estimate of drug-likeness (QED) is 0.909. The Morgan fingerprint density at radius 1 is 1.32 bits per heavy atom. The zero-order valence-electron chi connectivity index (χ0n) is 14.6. The van der Waals surface area contributed by atoms with Gasteiger partial charge in [-0.05, 0) is 33.8 Å². The number of nitrogens with one attached hydrogen (secondary N) is 1. The van der Waals surface area contributed by atoms with Crippen molar-refractivity contribution in [2.24, 2.45) is 0 Å². The van der Waals surface area contributed by atoms with Crippen LogP contribution in [0.2, 0.25) is 0 Å². The van der Waals surface area contributed by atoms with Crippen molar-refractivity contribution < 1.29 is 23.0 Å². The molecular weight excluding hydrogens is 334 g/mol. The molecule has 0 fully saturated rings. The molecule has 1 atom stereocenters. The SMILES string of the molecule is COc1ncc(F)cc1[C@H](C)n1ncc(NC(=O)OC(C)(C)C)c1F. The summed E-state index contributed by atoms with van der Waals surface area (Å²) in [6.45, 7) is 6.68. The van der Waals surface area contributed by atoms with Gasteiger partial charge in [-0.15, -0.1) is 0 Å². The van der Waals surface area contributed by atoms with Crippen LogP contribution in [-0.4, -0.2) is 33.6 Å². The van der Waals surface area contributed by atoms with Crippen molar-refractivity contribution in [3.8, 4) is 5.88 Å². The van der Waals surface area contributed by atoms with Gasteiger partial charge in [0.2, 0.25) is 11.8 Å². The van der Waals surface area contributed by atoms with E-state index in [1.54, 1.807) is 27.7 Å². The largest absolute Gasteiger partial charge is 0.481 e. The van der Waals surface area contributed by atoms with Crippen LogP contribution in [0.4, 0.5) is 19.3 Å². The fraction of sp³-hybridized carbons (Fsp3) is 0.438. The maximum atomic E-state index is 14.6. The Hall–Kier alpha value is -2.71. The lowest BCUT2D eigenvalue weighted by Crippen LogP contribution is -2.27. The van der Waals surface area contributed by atoms with Crippen LogP contribution >= 0.6 is 0 Å². The van der Waals surface area contributed by atoms with E-state index in [0.717, 1.165) is 17.1 Å². The maximum absolute atomic E-state index is 14.6. The zero-order valence-corrected chi connectivity index (χ0v) is 14.6. The normalized spacial score (nSPS) is 12.6. The van der Waals surface area contributed by atoms with Crippen LogP contribution in [0, 0.1) is 11.8 Å². The highest BCUT2D eigenvalue weighted by atomic mass is 19.1. The lowest BCUT2D eigenvalue weighted by Gasteiger charge is -2.19. The molecule has 0 spiro atoms. The van der Waals surface area contributed by atoms with Gasteiger partial charge in [0.1, 0.15) is 17.1 Å². The number of carbonyl (C=O) groups excluding carboxylic acids is 1. The van der Waals surface area contributed by atoms with Crippen LogP contribution in [0.25, 0.3) is 0 Å². The van der Waals surface area contributed by atoms with Crippen molar-refractivity contribution in [2.45, 2.75) is 39.3 Å². The summed E-state index contributed by atoms with van der Waals surface area (Å²) in [6.07, 6.45) is 1.35. The molecule has 2 aromatic heterocycles. The van der Waals surface area contributed by atoms with Gasteiger partial charge in [-0.25, -0.2) is 18.9 Å². The summed E-state index contributed by atoms with van der Waals surface area (Å²) in [5.74, 6) is -1.22. The van der Waals surface area contributed by atoms with Crippen LogP contribution in [0.5, 0.6) is 5.88 Å². The van der Waals surface area contributed by atoms with Gasteiger partial charge in [-0.3, -0.25) is 5.32 Å². The van der Waals surface area contributed by atoms with Gasteiger partial charge in [-0.1, -0.05) is 0 Å². The summed E-state index contributed by atoms with van der Waals surface area (Å²) in [7, 11) is 1.38. The van der Waals surface area contributed by atoms with E-state index in [9.17, 15) is 13.6 Å². The highest BCUT2D eigenvalue weighted by Crippen LogP contribution is 2.28. The summed E-state index contributed by atoms with van der Waals surface area (Å²) in [5, 5.41) is 6.21. The summed E-state index contributed by atoms with van der Waals surface area (Å²) in [6, 6.07) is 0.478. The first-order valence-electron chi connectivity index (χ1n) is 7.55. The second-order valence-electron chi connectivity index (χ2n) is 6.35. The van der Waals surface area contributed by atoms with Crippen LogP contribution < -0.4 is 10.1 Å². The fourth-order valence-corrected chi connectivity index (χ4v) is 2.16. The smallest absolute Gasteiger partial charge is 0.412 e. The Labute approximate surface area is 144 Å². The van der Waals surface area contributed by atoms with Crippen molar-refractivity contribution in [1.29, 1.82) is 0 Å². The van der Waals surface area contributed by atoms with Gasteiger partial charge < -0.3 is 9.47 Å². The first kappa shape index (κ1) is 18.6. The summed E-state index contributed by atoms with van der Waals surface area (Å²) < 4.78 is 39.2. The van der Waals surface area contributed by atoms with E-state index >= 15 is 0 Å². The molecular formula is C16H20F2N4O3. The van der Waals surface area contributed by atoms with Crippen molar-refractivity contribution in [3.63, 3.8) is 0 Å². The topological polar surface area (TPSA) is 78.3 Å². The van der Waals surface area contributed by atoms with Crippen LogP contribution in [0.15, 0.2) is 18.5 Å². The van der Waals surface area contributed by atoms with E-state index in [4.69, 9.17) is 9.47 Å². The van der Waals surface area contributed by atoms with E-state index in [-0.39, 0.29) is 11.6 Å². The molecule has 9 heteroatoms. The van der Waals surface area contributed by atoms with Crippen LogP contribution in [0.3, 0.4) is 0 Å². The number of amides is 1. The average molecular weight is 354 g/mol. The molecule has 1 N–H and O–H groups in total. The lowest BCUT2D eigenvalue weighted by atomic mass is 10.1. The molecule has 2 heterocycles. The van der Waals surface area contributed by atoms with Gasteiger partial charge in [0.25, 0.3) is 0 Å². The van der Waals surface area contributed by atoms with Crippen molar-refractivity contribution in [1.82, 2.24) is 14.8 Å². The number of aromatic nitrogens is 3. The molecule has 0 aliphatic carbocycles. The Morgan fingerprint density at radius 3 is 2.60 bits per heavy atom.